The molecule has 2 heterocycles. The Hall–Kier alpha value is -1.10. The summed E-state index contributed by atoms with van der Waals surface area (Å²) in [4.78, 5) is 24.9. The van der Waals surface area contributed by atoms with E-state index < -0.39 is 5.91 Å². The molecular formula is C12H21N3O2. The molecule has 0 aromatic carbocycles. The Kier molecular flexibility index (Phi) is 3.12. The zero-order valence-corrected chi connectivity index (χ0v) is 10.5. The van der Waals surface area contributed by atoms with Crippen LogP contribution in [0.5, 0.6) is 0 Å². The Morgan fingerprint density at radius 2 is 2.12 bits per heavy atom. The number of primary amides is 1. The summed E-state index contributed by atoms with van der Waals surface area (Å²) < 4.78 is 0. The first-order valence-corrected chi connectivity index (χ1v) is 6.29. The SMILES string of the molecule is CC(C)C1N(CC(N)=O)C(=O)C12CCNCC2. The molecule has 0 aliphatic carbocycles. The predicted molar refractivity (Wildman–Crippen MR) is 64.1 cm³/mol. The van der Waals surface area contributed by atoms with E-state index in [1.807, 2.05) is 0 Å². The summed E-state index contributed by atoms with van der Waals surface area (Å²) in [5.41, 5.74) is 4.97. The highest BCUT2D eigenvalue weighted by atomic mass is 16.2. The van der Waals surface area contributed by atoms with Gasteiger partial charge in [0.2, 0.25) is 11.8 Å². The number of rotatable bonds is 3. The third-order valence-corrected chi connectivity index (χ3v) is 4.04. The summed E-state index contributed by atoms with van der Waals surface area (Å²) in [6.07, 6.45) is 1.76. The maximum atomic E-state index is 12.3. The number of likely N-dealkylation sites (tertiary alicyclic amines) is 1. The normalized spacial score (nSPS) is 27.4. The molecule has 2 rings (SSSR count). The lowest BCUT2D eigenvalue weighted by molar-refractivity contribution is -0.182. The lowest BCUT2D eigenvalue weighted by atomic mass is 9.61. The summed E-state index contributed by atoms with van der Waals surface area (Å²) in [7, 11) is 0. The van der Waals surface area contributed by atoms with Crippen LogP contribution in [0.1, 0.15) is 26.7 Å². The van der Waals surface area contributed by atoms with Crippen molar-refractivity contribution in [3.8, 4) is 0 Å². The van der Waals surface area contributed by atoms with Crippen LogP contribution in [0.15, 0.2) is 0 Å². The molecule has 2 aliphatic heterocycles. The van der Waals surface area contributed by atoms with Crippen LogP contribution >= 0.6 is 0 Å². The van der Waals surface area contributed by atoms with Crippen LogP contribution in [0.3, 0.4) is 0 Å². The Morgan fingerprint density at radius 3 is 2.59 bits per heavy atom. The average Bonchev–Trinajstić information content (AvgIpc) is 2.28. The fourth-order valence-corrected chi connectivity index (χ4v) is 3.49. The fourth-order valence-electron chi connectivity index (χ4n) is 3.49. The second-order valence-electron chi connectivity index (χ2n) is 5.49. The molecule has 0 saturated carbocycles. The average molecular weight is 239 g/mol. The van der Waals surface area contributed by atoms with Crippen molar-refractivity contribution in [2.75, 3.05) is 19.6 Å². The molecule has 2 aliphatic rings. The molecule has 17 heavy (non-hydrogen) atoms. The van der Waals surface area contributed by atoms with E-state index in [2.05, 4.69) is 19.2 Å². The van der Waals surface area contributed by atoms with E-state index in [-0.39, 0.29) is 23.9 Å². The number of amides is 2. The van der Waals surface area contributed by atoms with Gasteiger partial charge in [0.1, 0.15) is 0 Å². The lowest BCUT2D eigenvalue weighted by Crippen LogP contribution is -2.73. The van der Waals surface area contributed by atoms with Crippen LogP contribution in [0.2, 0.25) is 0 Å². The van der Waals surface area contributed by atoms with Gasteiger partial charge in [-0.1, -0.05) is 13.8 Å². The minimum Gasteiger partial charge on any atom is -0.368 e. The van der Waals surface area contributed by atoms with Crippen molar-refractivity contribution in [1.82, 2.24) is 10.2 Å². The highest BCUT2D eigenvalue weighted by molar-refractivity contribution is 5.93. The molecule has 0 radical (unpaired) electrons. The zero-order valence-electron chi connectivity index (χ0n) is 10.5. The van der Waals surface area contributed by atoms with Crippen molar-refractivity contribution in [1.29, 1.82) is 0 Å². The van der Waals surface area contributed by atoms with E-state index in [0.29, 0.717) is 5.92 Å². The van der Waals surface area contributed by atoms with Crippen LogP contribution in [-0.2, 0) is 9.59 Å². The van der Waals surface area contributed by atoms with Crippen LogP contribution in [0, 0.1) is 11.3 Å². The number of piperidine rings is 1. The van der Waals surface area contributed by atoms with E-state index in [1.54, 1.807) is 4.90 Å². The Labute approximate surface area is 102 Å². The van der Waals surface area contributed by atoms with Gasteiger partial charge in [-0.05, 0) is 31.8 Å². The van der Waals surface area contributed by atoms with Gasteiger partial charge in [-0.25, -0.2) is 0 Å². The number of hydrogen-bond donors (Lipinski definition) is 2. The molecule has 2 fully saturated rings. The number of carbonyl (C=O) groups is 2. The molecule has 1 unspecified atom stereocenters. The number of carbonyl (C=O) groups excluding carboxylic acids is 2. The molecule has 0 aromatic heterocycles. The molecule has 5 nitrogen and oxygen atoms in total. The third-order valence-electron chi connectivity index (χ3n) is 4.04. The molecule has 0 aromatic rings. The largest absolute Gasteiger partial charge is 0.368 e. The van der Waals surface area contributed by atoms with E-state index in [4.69, 9.17) is 5.73 Å². The Balaban J connectivity index is 2.18. The van der Waals surface area contributed by atoms with Crippen molar-refractivity contribution in [2.24, 2.45) is 17.1 Å². The maximum Gasteiger partial charge on any atom is 0.237 e. The quantitative estimate of drug-likeness (QED) is 0.664. The molecule has 1 spiro atoms. The number of β-lactam (4-membered cyclic amide) rings is 1. The number of nitrogens with zero attached hydrogens (tertiary/aromatic N) is 1. The van der Waals surface area contributed by atoms with Gasteiger partial charge in [-0.2, -0.15) is 0 Å². The van der Waals surface area contributed by atoms with Gasteiger partial charge in [-0.15, -0.1) is 0 Å². The molecule has 3 N–H and O–H groups in total. The topological polar surface area (TPSA) is 75.4 Å². The van der Waals surface area contributed by atoms with Crippen LogP contribution < -0.4 is 11.1 Å². The van der Waals surface area contributed by atoms with Crippen molar-refractivity contribution in [3.63, 3.8) is 0 Å². The van der Waals surface area contributed by atoms with Gasteiger partial charge in [0.15, 0.2) is 0 Å². The Bertz CT molecular complexity index is 335. The number of hydrogen-bond acceptors (Lipinski definition) is 3. The van der Waals surface area contributed by atoms with E-state index in [0.717, 1.165) is 25.9 Å². The smallest absolute Gasteiger partial charge is 0.237 e. The number of nitrogens with one attached hydrogen (secondary N) is 1. The minimum absolute atomic E-state index is 0.0663. The van der Waals surface area contributed by atoms with Crippen LogP contribution in [-0.4, -0.2) is 42.4 Å². The Morgan fingerprint density at radius 1 is 1.53 bits per heavy atom. The standard InChI is InChI=1S/C12H21N3O2/c1-8(2)10-12(3-5-14-6-4-12)11(17)15(10)7-9(13)16/h8,10,14H,3-7H2,1-2H3,(H2,13,16). The summed E-state index contributed by atoms with van der Waals surface area (Å²) >= 11 is 0. The van der Waals surface area contributed by atoms with E-state index in [9.17, 15) is 9.59 Å². The lowest BCUT2D eigenvalue weighted by Gasteiger charge is -2.59. The molecule has 2 saturated heterocycles. The second kappa shape index (κ2) is 4.29. The van der Waals surface area contributed by atoms with Crippen molar-refractivity contribution >= 4 is 11.8 Å². The summed E-state index contributed by atoms with van der Waals surface area (Å²) in [6, 6.07) is 0.171. The second-order valence-corrected chi connectivity index (χ2v) is 5.49. The molecule has 5 heteroatoms. The van der Waals surface area contributed by atoms with Crippen molar-refractivity contribution < 1.29 is 9.59 Å². The highest BCUT2D eigenvalue weighted by Gasteiger charge is 2.61. The third kappa shape index (κ3) is 1.82. The first-order valence-electron chi connectivity index (χ1n) is 6.29. The van der Waals surface area contributed by atoms with E-state index in [1.165, 1.54) is 0 Å². The van der Waals surface area contributed by atoms with Gasteiger partial charge in [0.25, 0.3) is 0 Å². The fraction of sp³-hybridized carbons (Fsp3) is 0.833. The number of nitrogens with two attached hydrogens (primary N) is 1. The van der Waals surface area contributed by atoms with Crippen LogP contribution in [0.25, 0.3) is 0 Å². The van der Waals surface area contributed by atoms with E-state index >= 15 is 0 Å². The van der Waals surface area contributed by atoms with Crippen molar-refractivity contribution in [2.45, 2.75) is 32.7 Å². The molecule has 2 amide bonds. The van der Waals surface area contributed by atoms with Gasteiger partial charge >= 0.3 is 0 Å². The van der Waals surface area contributed by atoms with Gasteiger partial charge in [0, 0.05) is 6.04 Å². The molecule has 1 atom stereocenters. The molecular weight excluding hydrogens is 218 g/mol. The summed E-state index contributed by atoms with van der Waals surface area (Å²) in [6.45, 7) is 6.05. The first kappa shape index (κ1) is 12.4. The predicted octanol–water partition coefficient (Wildman–Crippen LogP) is -0.292. The molecule has 96 valence electrons. The van der Waals surface area contributed by atoms with Gasteiger partial charge in [-0.3, -0.25) is 9.59 Å². The summed E-state index contributed by atoms with van der Waals surface area (Å²) in [5, 5.41) is 3.28. The monoisotopic (exact) mass is 239 g/mol. The first-order chi connectivity index (χ1) is 7.99. The summed E-state index contributed by atoms with van der Waals surface area (Å²) in [5.74, 6) is 0.0643. The van der Waals surface area contributed by atoms with Gasteiger partial charge in [0.05, 0.1) is 12.0 Å². The van der Waals surface area contributed by atoms with Crippen LogP contribution in [0.4, 0.5) is 0 Å². The maximum absolute atomic E-state index is 12.3. The van der Waals surface area contributed by atoms with Gasteiger partial charge < -0.3 is 16.0 Å². The molecule has 0 bridgehead atoms. The highest BCUT2D eigenvalue weighted by Crippen LogP contribution is 2.48. The zero-order chi connectivity index (χ0) is 12.6. The van der Waals surface area contributed by atoms with Crippen molar-refractivity contribution in [3.05, 3.63) is 0 Å². The minimum atomic E-state index is -0.423.